The molecular weight excluding hydrogens is 963 g/mol. The Morgan fingerprint density at radius 3 is 1.80 bits per heavy atom. The van der Waals surface area contributed by atoms with Gasteiger partial charge in [0.1, 0.15) is 11.6 Å². The molecule has 7 heteroatoms. The number of rotatable bonds is 6. The van der Waals surface area contributed by atoms with Crippen LogP contribution in [0.25, 0.3) is 56.7 Å². The maximum absolute atomic E-state index is 12.6. The monoisotopic (exact) mass is 1020 g/mol. The van der Waals surface area contributed by atoms with Crippen LogP contribution in [-0.2, 0) is 42.7 Å². The van der Waals surface area contributed by atoms with Crippen molar-refractivity contribution in [1.82, 2.24) is 19.3 Å². The Morgan fingerprint density at radius 1 is 0.594 bits per heavy atom. The van der Waals surface area contributed by atoms with E-state index in [1.807, 2.05) is 12.3 Å². The number of phenolic OH excluding ortho intramolecular Hbond substituents is 1. The molecule has 64 heavy (non-hydrogen) atoms. The van der Waals surface area contributed by atoms with Gasteiger partial charge in [-0.05, 0) is 98.8 Å². The molecule has 0 saturated carbocycles. The zero-order chi connectivity index (χ0) is 45.2. The van der Waals surface area contributed by atoms with Crippen LogP contribution in [0.4, 0.5) is 0 Å². The first kappa shape index (κ1) is 46.5. The third-order valence-corrected chi connectivity index (χ3v) is 12.5. The largest absolute Gasteiger partial charge is 0.507 e. The fourth-order valence-electron chi connectivity index (χ4n) is 8.62. The van der Waals surface area contributed by atoms with E-state index in [2.05, 4.69) is 227 Å². The maximum atomic E-state index is 12.6. The predicted octanol–water partition coefficient (Wildman–Crippen LogP) is 12.7. The molecule has 1 aliphatic heterocycles. The van der Waals surface area contributed by atoms with Gasteiger partial charge >= 0.3 is 6.85 Å². The summed E-state index contributed by atoms with van der Waals surface area (Å²) in [5.41, 5.74) is 14.6. The average molecular weight is 1030 g/mol. The SMILES string of the molecule is CN1C=Cc2c(nc(-c3cc(C(C)(C)C)cc(C(C)(C)C)c3O)n2-c2ccc(C(C)(C)C)cc2-c2ccccc2)B1c1[c-]c(-c2cc(-c3ccccc3)ccn2)cc(C(C)(C)C)c1.[Pt]. The van der Waals surface area contributed by atoms with Crippen LogP contribution in [0.1, 0.15) is 111 Å². The zero-order valence-electron chi connectivity index (χ0n) is 39.8. The molecule has 7 aromatic rings. The number of aromatic hydroxyl groups is 1. The first-order valence-electron chi connectivity index (χ1n) is 22.3. The molecule has 0 spiro atoms. The number of hydrogen-bond donors (Lipinski definition) is 1. The van der Waals surface area contributed by atoms with Gasteiger partial charge in [-0.25, -0.2) is 4.98 Å². The number of imidazole rings is 1. The molecule has 1 aliphatic rings. The third-order valence-electron chi connectivity index (χ3n) is 12.5. The molecule has 5 aromatic carbocycles. The number of fused-ring (bicyclic) bond motifs is 1. The van der Waals surface area contributed by atoms with Crippen molar-refractivity contribution in [3.63, 3.8) is 0 Å². The van der Waals surface area contributed by atoms with Crippen molar-refractivity contribution in [2.24, 2.45) is 0 Å². The number of hydrogen-bond acceptors (Lipinski definition) is 4. The van der Waals surface area contributed by atoms with Crippen LogP contribution in [0.3, 0.4) is 0 Å². The Hall–Kier alpha value is -5.45. The summed E-state index contributed by atoms with van der Waals surface area (Å²) >= 11 is 0. The summed E-state index contributed by atoms with van der Waals surface area (Å²) in [5.74, 6) is 0.956. The Balaban J connectivity index is 0.00000612. The van der Waals surface area contributed by atoms with Crippen LogP contribution in [0.5, 0.6) is 5.75 Å². The van der Waals surface area contributed by atoms with E-state index in [9.17, 15) is 5.11 Å². The molecule has 330 valence electrons. The van der Waals surface area contributed by atoms with Crippen LogP contribution in [0.2, 0.25) is 0 Å². The third kappa shape index (κ3) is 9.09. The molecule has 0 unspecified atom stereocenters. The fraction of sp³-hybridized carbons (Fsp3) is 0.298. The zero-order valence-corrected chi connectivity index (χ0v) is 42.1. The van der Waals surface area contributed by atoms with E-state index < -0.39 is 0 Å². The summed E-state index contributed by atoms with van der Waals surface area (Å²) in [6, 6.07) is 45.0. The van der Waals surface area contributed by atoms with E-state index in [4.69, 9.17) is 9.97 Å². The predicted molar refractivity (Wildman–Crippen MR) is 267 cm³/mol. The van der Waals surface area contributed by atoms with Crippen LogP contribution in [-0.4, -0.2) is 38.3 Å². The van der Waals surface area contributed by atoms with Crippen molar-refractivity contribution >= 4 is 24.0 Å². The number of pyridine rings is 1. The molecule has 2 aromatic heterocycles. The normalized spacial score (nSPS) is 13.2. The summed E-state index contributed by atoms with van der Waals surface area (Å²) in [7, 11) is 2.12. The second-order valence-corrected chi connectivity index (χ2v) is 21.5. The Kier molecular flexibility index (Phi) is 12.5. The van der Waals surface area contributed by atoms with Gasteiger partial charge in [-0.2, -0.15) is 0 Å². The van der Waals surface area contributed by atoms with Crippen molar-refractivity contribution in [2.45, 2.75) is 105 Å². The molecule has 0 fully saturated rings. The molecule has 8 rings (SSSR count). The van der Waals surface area contributed by atoms with Gasteiger partial charge < -0.3 is 14.9 Å². The molecule has 0 aliphatic carbocycles. The van der Waals surface area contributed by atoms with Gasteiger partial charge in [0.15, 0.2) is 0 Å². The van der Waals surface area contributed by atoms with Crippen LogP contribution >= 0.6 is 0 Å². The average Bonchev–Trinajstić information content (AvgIpc) is 3.61. The second kappa shape index (κ2) is 17.2. The first-order chi connectivity index (χ1) is 29.6. The smallest absolute Gasteiger partial charge is 0.327 e. The number of phenols is 1. The van der Waals surface area contributed by atoms with Gasteiger partial charge in [0, 0.05) is 38.4 Å². The topological polar surface area (TPSA) is 54.2 Å². The van der Waals surface area contributed by atoms with Crippen molar-refractivity contribution in [2.75, 3.05) is 7.05 Å². The molecule has 5 nitrogen and oxygen atoms in total. The van der Waals surface area contributed by atoms with Gasteiger partial charge in [0.25, 0.3) is 0 Å². The van der Waals surface area contributed by atoms with E-state index in [1.54, 1.807) is 0 Å². The summed E-state index contributed by atoms with van der Waals surface area (Å²) in [6.07, 6.45) is 6.25. The quantitative estimate of drug-likeness (QED) is 0.133. The van der Waals surface area contributed by atoms with Gasteiger partial charge in [0.05, 0.1) is 22.5 Å². The van der Waals surface area contributed by atoms with Gasteiger partial charge in [-0.1, -0.05) is 162 Å². The molecule has 0 radical (unpaired) electrons. The minimum absolute atomic E-state index is 0. The van der Waals surface area contributed by atoms with Crippen molar-refractivity contribution < 1.29 is 26.2 Å². The molecule has 1 N–H and O–H groups in total. The van der Waals surface area contributed by atoms with Crippen LogP contribution in [0.15, 0.2) is 128 Å². The molecule has 0 amide bonds. The number of aromatic nitrogens is 3. The molecule has 0 atom stereocenters. The first-order valence-corrected chi connectivity index (χ1v) is 22.3. The minimum Gasteiger partial charge on any atom is -0.507 e. The Morgan fingerprint density at radius 2 is 1.19 bits per heavy atom. The minimum atomic E-state index is -0.325. The molecule has 0 bridgehead atoms. The Labute approximate surface area is 397 Å². The van der Waals surface area contributed by atoms with Crippen molar-refractivity contribution in [1.29, 1.82) is 0 Å². The maximum Gasteiger partial charge on any atom is 0.327 e. The van der Waals surface area contributed by atoms with Gasteiger partial charge in [-0.15, -0.1) is 34.8 Å². The van der Waals surface area contributed by atoms with Crippen LogP contribution in [0, 0.1) is 6.07 Å². The molecular formula is C57H62BN4OPt-. The fourth-order valence-corrected chi connectivity index (χ4v) is 8.62. The van der Waals surface area contributed by atoms with E-state index in [0.29, 0.717) is 11.4 Å². The molecule has 3 heterocycles. The standard InChI is InChI=1S/C57H62BN4O.Pt/c1-54(2,3)41-24-25-49(45(34-41)38-22-18-15-19-23-38)62-50-27-29-61(13)58(52(50)60-53(62)46-35-43(56(7,8)9)36-47(51(46)63)57(10,11)12)44-31-40(30-42(33-44)55(4,5)6)48-32-39(26-28-59-48)37-20-16-14-17-21-37;/h14-30,32-36,63H,1-13H3;/q-1;. The summed E-state index contributed by atoms with van der Waals surface area (Å²) in [6.45, 7) is 26.5. The second-order valence-electron chi connectivity index (χ2n) is 21.5. The van der Waals surface area contributed by atoms with E-state index in [0.717, 1.165) is 67.1 Å². The van der Waals surface area contributed by atoms with E-state index in [-0.39, 0.29) is 55.3 Å². The number of benzene rings is 5. The van der Waals surface area contributed by atoms with Crippen LogP contribution < -0.4 is 11.1 Å². The van der Waals surface area contributed by atoms with E-state index >= 15 is 0 Å². The van der Waals surface area contributed by atoms with Gasteiger partial charge in [-0.3, -0.25) is 4.57 Å². The summed E-state index contributed by atoms with van der Waals surface area (Å²) in [5, 5.41) is 12.6. The van der Waals surface area contributed by atoms with Gasteiger partial charge in [0.2, 0.25) is 0 Å². The number of nitrogens with zero attached hydrogens (tertiary/aromatic N) is 4. The van der Waals surface area contributed by atoms with Crippen molar-refractivity contribution in [3.8, 4) is 56.3 Å². The summed E-state index contributed by atoms with van der Waals surface area (Å²) in [4.78, 5) is 12.9. The van der Waals surface area contributed by atoms with Crippen molar-refractivity contribution in [3.05, 3.63) is 162 Å². The Bertz CT molecular complexity index is 2850. The summed E-state index contributed by atoms with van der Waals surface area (Å²) < 4.78 is 2.30. The van der Waals surface area contributed by atoms with E-state index in [1.165, 1.54) is 11.1 Å². The molecule has 0 saturated heterocycles.